The van der Waals surface area contributed by atoms with Crippen molar-refractivity contribution in [3.05, 3.63) is 54.0 Å². The number of piperidine rings is 1. The number of aryl methyl sites for hydroxylation is 1. The predicted molar refractivity (Wildman–Crippen MR) is 106 cm³/mol. The zero-order valence-corrected chi connectivity index (χ0v) is 16.0. The van der Waals surface area contributed by atoms with Crippen molar-refractivity contribution in [2.75, 3.05) is 27.2 Å². The normalized spacial score (nSPS) is 21.7. The van der Waals surface area contributed by atoms with Crippen LogP contribution in [-0.2, 0) is 13.6 Å². The van der Waals surface area contributed by atoms with Crippen LogP contribution in [0.4, 0.5) is 0 Å². The van der Waals surface area contributed by atoms with Gasteiger partial charge in [0.1, 0.15) is 0 Å². The van der Waals surface area contributed by atoms with Gasteiger partial charge in [-0.25, -0.2) is 0 Å². The third-order valence-electron chi connectivity index (χ3n) is 5.83. The number of benzene rings is 1. The third-order valence-corrected chi connectivity index (χ3v) is 5.83. The Bertz CT molecular complexity index is 864. The number of fused-ring (bicyclic) bond motifs is 1. The fraction of sp³-hybridized carbons (Fsp3) is 0.476. The molecule has 0 radical (unpaired) electrons. The Hall–Kier alpha value is -2.11. The van der Waals surface area contributed by atoms with Crippen molar-refractivity contribution in [3.63, 3.8) is 0 Å². The van der Waals surface area contributed by atoms with E-state index in [1.54, 1.807) is 0 Å². The number of nitrogens with zero attached hydrogens (tertiary/aromatic N) is 4. The van der Waals surface area contributed by atoms with E-state index in [4.69, 9.17) is 0 Å². The molecule has 2 atom stereocenters. The maximum atomic E-state index is 4.41. The molecule has 1 fully saturated rings. The molecule has 0 amide bonds. The Morgan fingerprint density at radius 1 is 1.23 bits per heavy atom. The van der Waals surface area contributed by atoms with Crippen LogP contribution in [0.3, 0.4) is 0 Å². The van der Waals surface area contributed by atoms with Gasteiger partial charge in [-0.3, -0.25) is 9.58 Å². The highest BCUT2D eigenvalue weighted by atomic mass is 15.3. The lowest BCUT2D eigenvalue weighted by Gasteiger charge is -2.40. The highest BCUT2D eigenvalue weighted by molar-refractivity contribution is 5.82. The van der Waals surface area contributed by atoms with Gasteiger partial charge >= 0.3 is 0 Å². The minimum Gasteiger partial charge on any atom is -0.361 e. The maximum absolute atomic E-state index is 4.41. The summed E-state index contributed by atoms with van der Waals surface area (Å²) < 4.78 is 2.04. The van der Waals surface area contributed by atoms with Gasteiger partial charge in [-0.05, 0) is 62.5 Å². The summed E-state index contributed by atoms with van der Waals surface area (Å²) >= 11 is 0. The quantitative estimate of drug-likeness (QED) is 0.766. The standard InChI is InChI=1S/C21H29N5/c1-24(14-17-7-4-6-16-9-11-22-20(16)17)15-18-8-5-13-25(2)21(18)19-10-12-23-26(19)3/h4,6-7,9-12,18,21-22H,5,8,13-15H2,1-3H3/t18-,21+/m0/s1. The molecule has 1 aliphatic heterocycles. The second-order valence-corrected chi connectivity index (χ2v) is 7.76. The average Bonchev–Trinajstić information content (AvgIpc) is 3.25. The zero-order chi connectivity index (χ0) is 18.1. The van der Waals surface area contributed by atoms with E-state index in [0.29, 0.717) is 12.0 Å². The smallest absolute Gasteiger partial charge is 0.0555 e. The van der Waals surface area contributed by atoms with Crippen LogP contribution in [0.5, 0.6) is 0 Å². The predicted octanol–water partition coefficient (Wildman–Crippen LogP) is 3.42. The molecule has 2 aromatic heterocycles. The molecule has 0 spiro atoms. The van der Waals surface area contributed by atoms with Gasteiger partial charge in [0.2, 0.25) is 0 Å². The topological polar surface area (TPSA) is 40.1 Å². The van der Waals surface area contributed by atoms with E-state index in [9.17, 15) is 0 Å². The molecule has 138 valence electrons. The summed E-state index contributed by atoms with van der Waals surface area (Å²) in [7, 11) is 6.56. The summed E-state index contributed by atoms with van der Waals surface area (Å²) in [6, 6.07) is 11.3. The van der Waals surface area contributed by atoms with Crippen molar-refractivity contribution in [2.24, 2.45) is 13.0 Å². The molecule has 26 heavy (non-hydrogen) atoms. The highest BCUT2D eigenvalue weighted by Gasteiger charge is 2.32. The highest BCUT2D eigenvalue weighted by Crippen LogP contribution is 2.35. The number of para-hydroxylation sites is 1. The van der Waals surface area contributed by atoms with Crippen LogP contribution in [-0.4, -0.2) is 51.7 Å². The van der Waals surface area contributed by atoms with E-state index in [-0.39, 0.29) is 0 Å². The van der Waals surface area contributed by atoms with Crippen LogP contribution < -0.4 is 0 Å². The maximum Gasteiger partial charge on any atom is 0.0555 e. The van der Waals surface area contributed by atoms with E-state index in [0.717, 1.165) is 19.6 Å². The second kappa shape index (κ2) is 7.25. The number of H-pyrrole nitrogens is 1. The van der Waals surface area contributed by atoms with Crippen LogP contribution in [0.15, 0.2) is 42.7 Å². The average molecular weight is 351 g/mol. The summed E-state index contributed by atoms with van der Waals surface area (Å²) in [6.45, 7) is 3.23. The molecule has 0 unspecified atom stereocenters. The molecule has 1 N–H and O–H groups in total. The lowest BCUT2D eigenvalue weighted by Crippen LogP contribution is -2.41. The molecule has 3 aromatic rings. The van der Waals surface area contributed by atoms with Crippen LogP contribution >= 0.6 is 0 Å². The van der Waals surface area contributed by atoms with Crippen molar-refractivity contribution in [2.45, 2.75) is 25.4 Å². The number of aromatic amines is 1. The zero-order valence-electron chi connectivity index (χ0n) is 16.0. The van der Waals surface area contributed by atoms with Crippen LogP contribution in [0.2, 0.25) is 0 Å². The van der Waals surface area contributed by atoms with Crippen molar-refractivity contribution < 1.29 is 0 Å². The number of rotatable bonds is 5. The largest absolute Gasteiger partial charge is 0.361 e. The molecule has 3 heterocycles. The van der Waals surface area contributed by atoms with E-state index in [2.05, 4.69) is 71.4 Å². The van der Waals surface area contributed by atoms with Crippen LogP contribution in [0.25, 0.3) is 10.9 Å². The van der Waals surface area contributed by atoms with Crippen molar-refractivity contribution >= 4 is 10.9 Å². The summed E-state index contributed by atoms with van der Waals surface area (Å²) in [5, 5.41) is 5.70. The molecule has 5 heteroatoms. The SMILES string of the molecule is CN(Cc1cccc2cc[nH]c12)C[C@@H]1CCCN(C)[C@H]1c1ccnn1C. The molecule has 1 aromatic carbocycles. The Morgan fingerprint density at radius 2 is 2.12 bits per heavy atom. The Morgan fingerprint density at radius 3 is 2.92 bits per heavy atom. The summed E-state index contributed by atoms with van der Waals surface area (Å²) in [5.74, 6) is 0.622. The minimum absolute atomic E-state index is 0.444. The minimum atomic E-state index is 0.444. The van der Waals surface area contributed by atoms with E-state index in [1.807, 2.05) is 17.1 Å². The van der Waals surface area contributed by atoms with Gasteiger partial charge in [0.05, 0.1) is 11.7 Å². The van der Waals surface area contributed by atoms with E-state index < -0.39 is 0 Å². The van der Waals surface area contributed by atoms with Gasteiger partial charge in [0.15, 0.2) is 0 Å². The number of nitrogens with one attached hydrogen (secondary N) is 1. The lowest BCUT2D eigenvalue weighted by molar-refractivity contribution is 0.0874. The second-order valence-electron chi connectivity index (χ2n) is 7.76. The Balaban J connectivity index is 1.51. The number of likely N-dealkylation sites (tertiary alicyclic amines) is 1. The number of hydrogen-bond donors (Lipinski definition) is 1. The van der Waals surface area contributed by atoms with Gasteiger partial charge < -0.3 is 9.88 Å². The Labute approximate surface area is 155 Å². The fourth-order valence-electron chi connectivity index (χ4n) is 4.63. The van der Waals surface area contributed by atoms with Crippen molar-refractivity contribution in [1.82, 2.24) is 24.6 Å². The molecule has 1 aliphatic rings. The third kappa shape index (κ3) is 3.29. The van der Waals surface area contributed by atoms with Gasteiger partial charge in [0, 0.05) is 38.0 Å². The monoisotopic (exact) mass is 351 g/mol. The molecule has 1 saturated heterocycles. The molecule has 0 aliphatic carbocycles. The van der Waals surface area contributed by atoms with Gasteiger partial charge in [-0.2, -0.15) is 5.10 Å². The van der Waals surface area contributed by atoms with Gasteiger partial charge in [-0.15, -0.1) is 0 Å². The summed E-state index contributed by atoms with van der Waals surface area (Å²) in [4.78, 5) is 8.38. The Kier molecular flexibility index (Phi) is 4.83. The van der Waals surface area contributed by atoms with E-state index >= 15 is 0 Å². The number of hydrogen-bond acceptors (Lipinski definition) is 3. The van der Waals surface area contributed by atoms with Gasteiger partial charge in [-0.1, -0.05) is 18.2 Å². The van der Waals surface area contributed by atoms with Crippen LogP contribution in [0, 0.1) is 5.92 Å². The van der Waals surface area contributed by atoms with Crippen molar-refractivity contribution in [1.29, 1.82) is 0 Å². The van der Waals surface area contributed by atoms with E-state index in [1.165, 1.54) is 35.0 Å². The van der Waals surface area contributed by atoms with Crippen LogP contribution in [0.1, 0.15) is 30.1 Å². The summed E-state index contributed by atoms with van der Waals surface area (Å²) in [5.41, 5.74) is 3.97. The molecular weight excluding hydrogens is 322 g/mol. The molecule has 4 rings (SSSR count). The first-order valence-electron chi connectivity index (χ1n) is 9.55. The summed E-state index contributed by atoms with van der Waals surface area (Å²) in [6.07, 6.45) is 6.50. The molecule has 0 saturated carbocycles. The molecule has 0 bridgehead atoms. The first-order valence-corrected chi connectivity index (χ1v) is 9.55. The van der Waals surface area contributed by atoms with Gasteiger partial charge in [0.25, 0.3) is 0 Å². The first-order chi connectivity index (χ1) is 12.6. The lowest BCUT2D eigenvalue weighted by atomic mass is 9.87. The van der Waals surface area contributed by atoms with Crippen molar-refractivity contribution in [3.8, 4) is 0 Å². The first kappa shape index (κ1) is 17.3. The fourth-order valence-corrected chi connectivity index (χ4v) is 4.63. The molecular formula is C21H29N5. The molecule has 5 nitrogen and oxygen atoms in total. The number of aromatic nitrogens is 3.